The molecule has 2 unspecified atom stereocenters. The summed E-state index contributed by atoms with van der Waals surface area (Å²) < 4.78 is 9.06. The number of hydrogen-bond acceptors (Lipinski definition) is 2. The second-order valence-electron chi connectivity index (χ2n) is 5.08. The van der Waals surface area contributed by atoms with Gasteiger partial charge < -0.3 is 4.74 Å². The summed E-state index contributed by atoms with van der Waals surface area (Å²) in [5, 5.41) is 4.38. The summed E-state index contributed by atoms with van der Waals surface area (Å²) in [6.07, 6.45) is 5.59. The van der Waals surface area contributed by atoms with Crippen molar-refractivity contribution in [3.8, 4) is 0 Å². The molecule has 3 nitrogen and oxygen atoms in total. The van der Waals surface area contributed by atoms with Crippen LogP contribution in [0.25, 0.3) is 0 Å². The molecule has 0 spiro atoms. The lowest BCUT2D eigenvalue weighted by Gasteiger charge is -2.28. The highest BCUT2D eigenvalue weighted by Crippen LogP contribution is 2.28. The molecule has 1 fully saturated rings. The van der Waals surface area contributed by atoms with E-state index < -0.39 is 0 Å². The average molecular weight is 301 g/mol. The van der Waals surface area contributed by atoms with E-state index in [1.807, 2.05) is 18.7 Å². The Balaban J connectivity index is 1.97. The lowest BCUT2D eigenvalue weighted by Crippen LogP contribution is -2.25. The fraction of sp³-hybridized carbons (Fsp3) is 0.769. The van der Waals surface area contributed by atoms with Crippen molar-refractivity contribution in [2.45, 2.75) is 52.2 Å². The zero-order valence-electron chi connectivity index (χ0n) is 10.9. The maximum atomic E-state index is 6.07. The molecule has 0 amide bonds. The third kappa shape index (κ3) is 2.91. The van der Waals surface area contributed by atoms with Crippen molar-refractivity contribution in [1.29, 1.82) is 0 Å². The molecule has 0 aromatic carbocycles. The Hall–Kier alpha value is -0.350. The molecule has 2 atom stereocenters. The van der Waals surface area contributed by atoms with Crippen molar-refractivity contribution in [2.24, 2.45) is 13.0 Å². The van der Waals surface area contributed by atoms with E-state index in [1.54, 1.807) is 0 Å². The van der Waals surface area contributed by atoms with Crippen LogP contribution < -0.4 is 0 Å². The molecule has 0 aliphatic heterocycles. The number of aryl methyl sites for hydroxylation is 2. The van der Waals surface area contributed by atoms with Crippen LogP contribution in [0.3, 0.4) is 0 Å². The first kappa shape index (κ1) is 13.1. The monoisotopic (exact) mass is 300 g/mol. The van der Waals surface area contributed by atoms with Gasteiger partial charge in [0.2, 0.25) is 0 Å². The Bertz CT molecular complexity index is 389. The molecule has 1 aromatic rings. The van der Waals surface area contributed by atoms with E-state index in [-0.39, 0.29) is 0 Å². The summed E-state index contributed by atoms with van der Waals surface area (Å²) in [7, 11) is 1.97. The van der Waals surface area contributed by atoms with E-state index in [0.717, 1.165) is 15.9 Å². The first-order valence-electron chi connectivity index (χ1n) is 6.39. The van der Waals surface area contributed by atoms with Crippen molar-refractivity contribution in [3.63, 3.8) is 0 Å². The molecule has 0 N–H and O–H groups in total. The van der Waals surface area contributed by atoms with Gasteiger partial charge in [0.15, 0.2) is 0 Å². The summed E-state index contributed by atoms with van der Waals surface area (Å²) in [6, 6.07) is 0. The fourth-order valence-electron chi connectivity index (χ4n) is 2.55. The molecule has 0 bridgehead atoms. The van der Waals surface area contributed by atoms with Gasteiger partial charge in [0, 0.05) is 7.05 Å². The minimum absolute atomic E-state index is 0.422. The van der Waals surface area contributed by atoms with E-state index in [0.29, 0.717) is 18.6 Å². The predicted octanol–water partition coefficient (Wildman–Crippen LogP) is 3.59. The zero-order chi connectivity index (χ0) is 12.4. The van der Waals surface area contributed by atoms with Crippen LogP contribution in [0.15, 0.2) is 4.47 Å². The number of nitrogens with zero attached hydrogens (tertiary/aromatic N) is 2. The molecule has 1 heterocycles. The minimum Gasteiger partial charge on any atom is -0.372 e. The third-order valence-corrected chi connectivity index (χ3v) is 4.76. The minimum atomic E-state index is 0.422. The van der Waals surface area contributed by atoms with Crippen molar-refractivity contribution >= 4 is 15.9 Å². The van der Waals surface area contributed by atoms with Crippen LogP contribution >= 0.6 is 15.9 Å². The molecule has 4 heteroatoms. The van der Waals surface area contributed by atoms with E-state index in [9.17, 15) is 0 Å². The van der Waals surface area contributed by atoms with Crippen LogP contribution in [0.2, 0.25) is 0 Å². The Morgan fingerprint density at radius 3 is 2.71 bits per heavy atom. The van der Waals surface area contributed by atoms with Gasteiger partial charge in [0.05, 0.1) is 28.6 Å². The van der Waals surface area contributed by atoms with Gasteiger partial charge in [-0.05, 0) is 41.6 Å². The summed E-state index contributed by atoms with van der Waals surface area (Å²) in [6.45, 7) is 4.97. The van der Waals surface area contributed by atoms with Gasteiger partial charge in [-0.25, -0.2) is 0 Å². The SMILES string of the molecule is Cc1nn(C)c(COC2CCCCC2C)c1Br. The Morgan fingerprint density at radius 2 is 2.12 bits per heavy atom. The van der Waals surface area contributed by atoms with Crippen molar-refractivity contribution in [2.75, 3.05) is 0 Å². The second kappa shape index (κ2) is 5.53. The molecule has 1 aliphatic rings. The highest BCUT2D eigenvalue weighted by Gasteiger charge is 2.22. The first-order chi connectivity index (χ1) is 8.09. The van der Waals surface area contributed by atoms with Crippen molar-refractivity contribution in [1.82, 2.24) is 9.78 Å². The standard InChI is InChI=1S/C13H21BrN2O/c1-9-6-4-5-7-12(9)17-8-11-13(14)10(2)15-16(11)3/h9,12H,4-8H2,1-3H3. The Labute approximate surface area is 112 Å². The van der Waals surface area contributed by atoms with Crippen molar-refractivity contribution in [3.05, 3.63) is 15.9 Å². The largest absolute Gasteiger partial charge is 0.372 e. The van der Waals surface area contributed by atoms with Gasteiger partial charge in [-0.3, -0.25) is 4.68 Å². The van der Waals surface area contributed by atoms with Gasteiger partial charge in [-0.1, -0.05) is 19.8 Å². The van der Waals surface area contributed by atoms with E-state index >= 15 is 0 Å². The molecule has 1 saturated carbocycles. The summed E-state index contributed by atoms with van der Waals surface area (Å²) in [4.78, 5) is 0. The molecular weight excluding hydrogens is 280 g/mol. The number of halogens is 1. The van der Waals surface area contributed by atoms with E-state index in [1.165, 1.54) is 25.7 Å². The smallest absolute Gasteiger partial charge is 0.0900 e. The van der Waals surface area contributed by atoms with Gasteiger partial charge in [-0.2, -0.15) is 5.10 Å². The molecule has 1 aromatic heterocycles. The summed E-state index contributed by atoms with van der Waals surface area (Å²) >= 11 is 3.58. The van der Waals surface area contributed by atoms with Crippen LogP contribution in [-0.2, 0) is 18.4 Å². The van der Waals surface area contributed by atoms with Gasteiger partial charge >= 0.3 is 0 Å². The normalized spacial score (nSPS) is 25.2. The highest BCUT2D eigenvalue weighted by molar-refractivity contribution is 9.10. The number of aromatic nitrogens is 2. The van der Waals surface area contributed by atoms with Crippen molar-refractivity contribution < 1.29 is 4.74 Å². The van der Waals surface area contributed by atoms with Gasteiger partial charge in [-0.15, -0.1) is 0 Å². The third-order valence-electron chi connectivity index (χ3n) is 3.73. The highest BCUT2D eigenvalue weighted by atomic mass is 79.9. The molecule has 0 saturated heterocycles. The zero-order valence-corrected chi connectivity index (χ0v) is 12.5. The second-order valence-corrected chi connectivity index (χ2v) is 5.87. The molecular formula is C13H21BrN2O. The lowest BCUT2D eigenvalue weighted by molar-refractivity contribution is -0.0181. The molecule has 0 radical (unpaired) electrons. The van der Waals surface area contributed by atoms with E-state index in [2.05, 4.69) is 28.0 Å². The Kier molecular flexibility index (Phi) is 4.26. The fourth-order valence-corrected chi connectivity index (χ4v) is 3.00. The molecule has 1 aliphatic carbocycles. The number of ether oxygens (including phenoxy) is 1. The summed E-state index contributed by atoms with van der Waals surface area (Å²) in [5.74, 6) is 0.692. The van der Waals surface area contributed by atoms with Crippen LogP contribution in [0.1, 0.15) is 44.0 Å². The van der Waals surface area contributed by atoms with Gasteiger partial charge in [0.1, 0.15) is 0 Å². The molecule has 96 valence electrons. The van der Waals surface area contributed by atoms with Gasteiger partial charge in [0.25, 0.3) is 0 Å². The topological polar surface area (TPSA) is 27.1 Å². The van der Waals surface area contributed by atoms with Crippen LogP contribution in [0.5, 0.6) is 0 Å². The maximum Gasteiger partial charge on any atom is 0.0900 e. The Morgan fingerprint density at radius 1 is 1.41 bits per heavy atom. The predicted molar refractivity (Wildman–Crippen MR) is 71.9 cm³/mol. The quantitative estimate of drug-likeness (QED) is 0.853. The van der Waals surface area contributed by atoms with Crippen LogP contribution in [0, 0.1) is 12.8 Å². The molecule has 17 heavy (non-hydrogen) atoms. The number of rotatable bonds is 3. The summed E-state index contributed by atoms with van der Waals surface area (Å²) in [5.41, 5.74) is 2.17. The van der Waals surface area contributed by atoms with E-state index in [4.69, 9.17) is 4.74 Å². The van der Waals surface area contributed by atoms with Crippen LogP contribution in [-0.4, -0.2) is 15.9 Å². The lowest BCUT2D eigenvalue weighted by atomic mass is 9.88. The first-order valence-corrected chi connectivity index (χ1v) is 7.18. The molecule has 2 rings (SSSR count). The maximum absolute atomic E-state index is 6.07. The average Bonchev–Trinajstić information content (AvgIpc) is 2.53. The van der Waals surface area contributed by atoms with Crippen LogP contribution in [0.4, 0.5) is 0 Å². The number of hydrogen-bond donors (Lipinski definition) is 0.